The molecule has 0 radical (unpaired) electrons. The molecule has 1 aliphatic heterocycles. The molecular weight excluding hydrogens is 238 g/mol. The first kappa shape index (κ1) is 12.8. The van der Waals surface area contributed by atoms with Crippen LogP contribution in [0.5, 0.6) is 11.5 Å². The summed E-state index contributed by atoms with van der Waals surface area (Å²) in [6.07, 6.45) is 3.17. The molecule has 3 atom stereocenters. The molecule has 1 aromatic carbocycles. The standard InChI is InChI=1S/C16H23NO2/c1-3-8-17-9-10(2)15-11-5-7-14(18)16(19)12(11)4-6-13(15)17/h5,7,10,13,15,18-19H,3-4,6,8-9H2,1-2H3/t10-,13+,15-/m0/s1. The topological polar surface area (TPSA) is 43.7 Å². The minimum absolute atomic E-state index is 0.0215. The summed E-state index contributed by atoms with van der Waals surface area (Å²) in [6.45, 7) is 6.88. The fourth-order valence-electron chi connectivity index (χ4n) is 4.15. The van der Waals surface area contributed by atoms with Crippen molar-refractivity contribution in [1.29, 1.82) is 0 Å². The van der Waals surface area contributed by atoms with Crippen molar-refractivity contribution in [3.63, 3.8) is 0 Å². The molecule has 1 fully saturated rings. The molecule has 2 aliphatic rings. The zero-order chi connectivity index (χ0) is 13.6. The monoisotopic (exact) mass is 261 g/mol. The SMILES string of the molecule is CCCN1C[C@H](C)[C@H]2c3ccc(O)c(O)c3CC[C@H]21. The van der Waals surface area contributed by atoms with Gasteiger partial charge in [-0.1, -0.05) is 19.9 Å². The Labute approximate surface area is 114 Å². The van der Waals surface area contributed by atoms with Gasteiger partial charge in [0.2, 0.25) is 0 Å². The molecule has 1 heterocycles. The highest BCUT2D eigenvalue weighted by Crippen LogP contribution is 2.48. The number of likely N-dealkylation sites (tertiary alicyclic amines) is 1. The van der Waals surface area contributed by atoms with E-state index in [-0.39, 0.29) is 11.5 Å². The molecule has 0 bridgehead atoms. The van der Waals surface area contributed by atoms with E-state index in [1.165, 1.54) is 18.5 Å². The van der Waals surface area contributed by atoms with Crippen molar-refractivity contribution in [2.24, 2.45) is 5.92 Å². The molecule has 1 saturated heterocycles. The Balaban J connectivity index is 1.99. The van der Waals surface area contributed by atoms with Crippen molar-refractivity contribution < 1.29 is 10.2 Å². The Morgan fingerprint density at radius 2 is 2.11 bits per heavy atom. The van der Waals surface area contributed by atoms with Gasteiger partial charge in [-0.3, -0.25) is 4.90 Å². The maximum Gasteiger partial charge on any atom is 0.160 e. The summed E-state index contributed by atoms with van der Waals surface area (Å²) in [7, 11) is 0. The van der Waals surface area contributed by atoms with Crippen LogP contribution >= 0.6 is 0 Å². The van der Waals surface area contributed by atoms with Crippen molar-refractivity contribution in [3.05, 3.63) is 23.3 Å². The van der Waals surface area contributed by atoms with E-state index in [0.29, 0.717) is 17.9 Å². The zero-order valence-corrected chi connectivity index (χ0v) is 11.8. The molecule has 2 N–H and O–H groups in total. The van der Waals surface area contributed by atoms with Crippen LogP contribution in [0.3, 0.4) is 0 Å². The fraction of sp³-hybridized carbons (Fsp3) is 0.625. The molecule has 0 amide bonds. The van der Waals surface area contributed by atoms with Gasteiger partial charge in [0.05, 0.1) is 0 Å². The first-order chi connectivity index (χ1) is 9.13. The quantitative estimate of drug-likeness (QED) is 0.805. The molecule has 1 aromatic rings. The van der Waals surface area contributed by atoms with Crippen LogP contribution < -0.4 is 0 Å². The van der Waals surface area contributed by atoms with Gasteiger partial charge in [0.1, 0.15) is 0 Å². The summed E-state index contributed by atoms with van der Waals surface area (Å²) in [5, 5.41) is 19.7. The molecule has 3 nitrogen and oxygen atoms in total. The lowest BCUT2D eigenvalue weighted by Crippen LogP contribution is -2.35. The molecule has 1 aliphatic carbocycles. The number of rotatable bonds is 2. The maximum atomic E-state index is 10.1. The first-order valence-electron chi connectivity index (χ1n) is 7.41. The minimum Gasteiger partial charge on any atom is -0.504 e. The summed E-state index contributed by atoms with van der Waals surface area (Å²) in [5.74, 6) is 1.27. The van der Waals surface area contributed by atoms with Gasteiger partial charge >= 0.3 is 0 Å². The van der Waals surface area contributed by atoms with E-state index in [2.05, 4.69) is 18.7 Å². The van der Waals surface area contributed by atoms with E-state index in [1.54, 1.807) is 6.07 Å². The zero-order valence-electron chi connectivity index (χ0n) is 11.8. The van der Waals surface area contributed by atoms with E-state index < -0.39 is 0 Å². The molecule has 0 unspecified atom stereocenters. The van der Waals surface area contributed by atoms with Gasteiger partial charge in [-0.25, -0.2) is 0 Å². The number of hydrogen-bond acceptors (Lipinski definition) is 3. The van der Waals surface area contributed by atoms with Crippen molar-refractivity contribution >= 4 is 0 Å². The van der Waals surface area contributed by atoms with Gasteiger partial charge in [-0.05, 0) is 43.4 Å². The summed E-state index contributed by atoms with van der Waals surface area (Å²) < 4.78 is 0. The van der Waals surface area contributed by atoms with Crippen molar-refractivity contribution in [2.75, 3.05) is 13.1 Å². The van der Waals surface area contributed by atoms with Gasteiger partial charge in [-0.15, -0.1) is 0 Å². The Kier molecular flexibility index (Phi) is 3.17. The average Bonchev–Trinajstić information content (AvgIpc) is 2.71. The minimum atomic E-state index is 0.0215. The molecule has 0 aromatic heterocycles. The van der Waals surface area contributed by atoms with Crippen LogP contribution in [0.2, 0.25) is 0 Å². The van der Waals surface area contributed by atoms with Crippen LogP contribution in [0.4, 0.5) is 0 Å². The van der Waals surface area contributed by atoms with Gasteiger partial charge in [-0.2, -0.15) is 0 Å². The summed E-state index contributed by atoms with van der Waals surface area (Å²) >= 11 is 0. The smallest absolute Gasteiger partial charge is 0.160 e. The van der Waals surface area contributed by atoms with E-state index in [0.717, 1.165) is 24.9 Å². The molecule has 3 rings (SSSR count). The van der Waals surface area contributed by atoms with Crippen LogP contribution in [0.1, 0.15) is 43.7 Å². The lowest BCUT2D eigenvalue weighted by atomic mass is 9.75. The summed E-state index contributed by atoms with van der Waals surface area (Å²) in [5.41, 5.74) is 2.24. The molecule has 0 spiro atoms. The van der Waals surface area contributed by atoms with E-state index in [9.17, 15) is 10.2 Å². The third-order valence-electron chi connectivity index (χ3n) is 4.88. The van der Waals surface area contributed by atoms with Crippen LogP contribution in [0.25, 0.3) is 0 Å². The molecule has 3 heteroatoms. The van der Waals surface area contributed by atoms with Gasteiger partial charge in [0.25, 0.3) is 0 Å². The number of hydrogen-bond donors (Lipinski definition) is 2. The first-order valence-corrected chi connectivity index (χ1v) is 7.41. The lowest BCUT2D eigenvalue weighted by Gasteiger charge is -2.34. The number of phenols is 2. The van der Waals surface area contributed by atoms with Crippen molar-refractivity contribution in [1.82, 2.24) is 4.90 Å². The van der Waals surface area contributed by atoms with E-state index in [4.69, 9.17) is 0 Å². The van der Waals surface area contributed by atoms with Crippen LogP contribution in [-0.4, -0.2) is 34.2 Å². The summed E-state index contributed by atoms with van der Waals surface area (Å²) in [6, 6.07) is 4.28. The van der Waals surface area contributed by atoms with Gasteiger partial charge < -0.3 is 10.2 Å². The number of phenolic OH excluding ortho intramolecular Hbond substituents is 2. The van der Waals surface area contributed by atoms with Gasteiger partial charge in [0.15, 0.2) is 11.5 Å². The predicted octanol–water partition coefficient (Wildman–Crippen LogP) is 2.86. The number of fused-ring (bicyclic) bond motifs is 3. The molecule has 104 valence electrons. The highest BCUT2D eigenvalue weighted by atomic mass is 16.3. The van der Waals surface area contributed by atoms with E-state index in [1.807, 2.05) is 6.07 Å². The maximum absolute atomic E-state index is 10.1. The van der Waals surface area contributed by atoms with Crippen molar-refractivity contribution in [2.45, 2.75) is 45.1 Å². The average molecular weight is 261 g/mol. The normalized spacial score (nSPS) is 30.1. The number of benzene rings is 1. The Hall–Kier alpha value is -1.22. The number of nitrogens with zero attached hydrogens (tertiary/aromatic N) is 1. The molecule has 19 heavy (non-hydrogen) atoms. The molecule has 0 saturated carbocycles. The van der Waals surface area contributed by atoms with Gasteiger partial charge in [0, 0.05) is 24.1 Å². The molecular formula is C16H23NO2. The second-order valence-electron chi connectivity index (χ2n) is 6.11. The van der Waals surface area contributed by atoms with Crippen LogP contribution in [-0.2, 0) is 6.42 Å². The predicted molar refractivity (Wildman–Crippen MR) is 75.6 cm³/mol. The third kappa shape index (κ3) is 1.91. The highest BCUT2D eigenvalue weighted by Gasteiger charge is 2.43. The van der Waals surface area contributed by atoms with E-state index >= 15 is 0 Å². The Morgan fingerprint density at radius 1 is 1.32 bits per heavy atom. The van der Waals surface area contributed by atoms with Crippen LogP contribution in [0.15, 0.2) is 12.1 Å². The fourth-order valence-corrected chi connectivity index (χ4v) is 4.15. The Bertz CT molecular complexity index is 486. The third-order valence-corrected chi connectivity index (χ3v) is 4.88. The number of aromatic hydroxyl groups is 2. The second-order valence-corrected chi connectivity index (χ2v) is 6.11. The van der Waals surface area contributed by atoms with Crippen LogP contribution in [0, 0.1) is 5.92 Å². The van der Waals surface area contributed by atoms with Crippen molar-refractivity contribution in [3.8, 4) is 11.5 Å². The summed E-state index contributed by atoms with van der Waals surface area (Å²) in [4.78, 5) is 2.61. The highest BCUT2D eigenvalue weighted by molar-refractivity contribution is 5.52. The second kappa shape index (κ2) is 4.71. The lowest BCUT2D eigenvalue weighted by molar-refractivity contribution is 0.226. The largest absolute Gasteiger partial charge is 0.504 e. The Morgan fingerprint density at radius 3 is 2.84 bits per heavy atom.